The van der Waals surface area contributed by atoms with Gasteiger partial charge < -0.3 is 15.0 Å². The van der Waals surface area contributed by atoms with Gasteiger partial charge in [-0.3, -0.25) is 4.79 Å². The zero-order chi connectivity index (χ0) is 20.4. The van der Waals surface area contributed by atoms with Crippen molar-refractivity contribution in [1.82, 2.24) is 10.2 Å². The van der Waals surface area contributed by atoms with Crippen molar-refractivity contribution in [3.63, 3.8) is 0 Å². The number of carbonyl (C=O) groups excluding carboxylic acids is 2. The fraction of sp³-hybridized carbons (Fsp3) is 0.409. The van der Waals surface area contributed by atoms with Crippen LogP contribution >= 0.6 is 11.8 Å². The van der Waals surface area contributed by atoms with E-state index in [4.69, 9.17) is 9.73 Å². The molecule has 7 heteroatoms. The zero-order valence-corrected chi connectivity index (χ0v) is 17.5. The molecule has 0 bridgehead atoms. The smallest absolute Gasteiger partial charge is 0.338 e. The Hall–Kier alpha value is -2.54. The van der Waals surface area contributed by atoms with E-state index >= 15 is 0 Å². The quantitative estimate of drug-likeness (QED) is 0.692. The van der Waals surface area contributed by atoms with Crippen molar-refractivity contribution in [2.45, 2.75) is 38.6 Å². The van der Waals surface area contributed by atoms with Crippen LogP contribution in [0.2, 0.25) is 0 Å². The fourth-order valence-electron chi connectivity index (χ4n) is 3.67. The average Bonchev–Trinajstić information content (AvgIpc) is 3.51. The number of allylic oxidation sites excluding steroid dienone is 1. The van der Waals surface area contributed by atoms with Crippen molar-refractivity contribution in [3.8, 4) is 0 Å². The Balaban J connectivity index is 1.67. The molecule has 1 aliphatic carbocycles. The van der Waals surface area contributed by atoms with Crippen LogP contribution in [-0.2, 0) is 14.3 Å². The van der Waals surface area contributed by atoms with Gasteiger partial charge in [0, 0.05) is 12.2 Å². The maximum atomic E-state index is 12.7. The number of hydrogen-bond acceptors (Lipinski definition) is 6. The van der Waals surface area contributed by atoms with E-state index in [1.165, 1.54) is 31.7 Å². The van der Waals surface area contributed by atoms with Gasteiger partial charge in [-0.1, -0.05) is 49.0 Å². The molecule has 0 unspecified atom stereocenters. The number of carbonyl (C=O) groups is 2. The first-order chi connectivity index (χ1) is 14.1. The SMILES string of the molecule is CCC1=C(C(=O)OC)[C@H](c2ccccc2)N2C(CC(=O)NCC3CC3)=CSC2=N1. The monoisotopic (exact) mass is 411 g/mol. The Morgan fingerprint density at radius 1 is 1.28 bits per heavy atom. The largest absolute Gasteiger partial charge is 0.466 e. The third-order valence-corrected chi connectivity index (χ3v) is 6.26. The summed E-state index contributed by atoms with van der Waals surface area (Å²) in [5.74, 6) is 0.255. The van der Waals surface area contributed by atoms with E-state index in [2.05, 4.69) is 5.32 Å². The number of nitrogens with one attached hydrogen (secondary N) is 1. The standard InChI is InChI=1S/C22H25N3O3S/c1-3-17-19(21(27)28-2)20(15-7-5-4-6-8-15)25-16(13-29-22(25)24-17)11-18(26)23-12-14-9-10-14/h4-8,13-14,20H,3,9-12H2,1-2H3,(H,23,26)/t20-/m0/s1. The fourth-order valence-corrected chi connectivity index (χ4v) is 4.61. The summed E-state index contributed by atoms with van der Waals surface area (Å²) in [5, 5.41) is 5.80. The predicted molar refractivity (Wildman–Crippen MR) is 114 cm³/mol. The van der Waals surface area contributed by atoms with Crippen molar-refractivity contribution in [2.75, 3.05) is 13.7 Å². The Morgan fingerprint density at radius 2 is 2.03 bits per heavy atom. The number of amidine groups is 1. The molecule has 0 spiro atoms. The molecule has 2 heterocycles. The lowest BCUT2D eigenvalue weighted by atomic mass is 9.93. The van der Waals surface area contributed by atoms with Gasteiger partial charge in [0.25, 0.3) is 0 Å². The number of thioether (sulfide) groups is 1. The topological polar surface area (TPSA) is 71.0 Å². The van der Waals surface area contributed by atoms with Crippen molar-refractivity contribution in [3.05, 3.63) is 58.3 Å². The number of esters is 1. The molecule has 0 aromatic heterocycles. The maximum absolute atomic E-state index is 12.7. The number of benzene rings is 1. The molecule has 1 saturated carbocycles. The first-order valence-electron chi connectivity index (χ1n) is 9.99. The van der Waals surface area contributed by atoms with Gasteiger partial charge in [-0.05, 0) is 36.2 Å². The van der Waals surface area contributed by atoms with E-state index in [9.17, 15) is 9.59 Å². The van der Waals surface area contributed by atoms with Crippen molar-refractivity contribution < 1.29 is 14.3 Å². The van der Waals surface area contributed by atoms with Crippen LogP contribution in [0.15, 0.2) is 57.7 Å². The number of amides is 1. The van der Waals surface area contributed by atoms with Gasteiger partial charge in [0.2, 0.25) is 5.91 Å². The molecule has 29 heavy (non-hydrogen) atoms. The van der Waals surface area contributed by atoms with Gasteiger partial charge in [0.15, 0.2) is 5.17 Å². The average molecular weight is 412 g/mol. The molecule has 1 fully saturated rings. The number of rotatable bonds is 7. The molecule has 1 aromatic rings. The number of aliphatic imine (C=N–C) groups is 1. The Bertz CT molecular complexity index is 903. The van der Waals surface area contributed by atoms with E-state index in [1.54, 1.807) is 0 Å². The van der Waals surface area contributed by atoms with E-state index in [-0.39, 0.29) is 24.3 Å². The van der Waals surface area contributed by atoms with Crippen molar-refractivity contribution in [1.29, 1.82) is 0 Å². The molecule has 0 saturated heterocycles. The number of hydrogen-bond donors (Lipinski definition) is 1. The van der Waals surface area contributed by atoms with Crippen molar-refractivity contribution in [2.24, 2.45) is 10.9 Å². The molecule has 2 aliphatic heterocycles. The molecule has 1 atom stereocenters. The number of ether oxygens (including phenoxy) is 1. The highest BCUT2D eigenvalue weighted by Crippen LogP contribution is 2.45. The van der Waals surface area contributed by atoms with Gasteiger partial charge in [0.1, 0.15) is 0 Å². The summed E-state index contributed by atoms with van der Waals surface area (Å²) in [5.41, 5.74) is 3.10. The summed E-state index contributed by atoms with van der Waals surface area (Å²) in [6, 6.07) is 9.50. The highest BCUT2D eigenvalue weighted by Gasteiger charge is 2.41. The van der Waals surface area contributed by atoms with E-state index in [0.29, 0.717) is 17.9 Å². The summed E-state index contributed by atoms with van der Waals surface area (Å²) < 4.78 is 5.11. The van der Waals surface area contributed by atoms with Crippen LogP contribution in [-0.4, -0.2) is 35.6 Å². The summed E-state index contributed by atoms with van der Waals surface area (Å²) >= 11 is 1.50. The Labute approximate surface area is 175 Å². The second kappa shape index (κ2) is 8.45. The lowest BCUT2D eigenvalue weighted by Crippen LogP contribution is -2.38. The molecular formula is C22H25N3O3S. The normalized spacial score (nSPS) is 20.8. The second-order valence-electron chi connectivity index (χ2n) is 7.43. The molecule has 1 aromatic carbocycles. The minimum Gasteiger partial charge on any atom is -0.466 e. The molecule has 152 valence electrons. The second-order valence-corrected chi connectivity index (χ2v) is 8.27. The summed E-state index contributed by atoms with van der Waals surface area (Å²) in [6.45, 7) is 2.73. The first-order valence-corrected chi connectivity index (χ1v) is 10.9. The third-order valence-electron chi connectivity index (χ3n) is 5.37. The minimum absolute atomic E-state index is 0.00157. The lowest BCUT2D eigenvalue weighted by Gasteiger charge is -2.36. The summed E-state index contributed by atoms with van der Waals surface area (Å²) in [6.07, 6.45) is 3.29. The molecule has 4 rings (SSSR count). The molecule has 1 amide bonds. The highest BCUT2D eigenvalue weighted by atomic mass is 32.2. The number of methoxy groups -OCH3 is 1. The first kappa shape index (κ1) is 19.8. The van der Waals surface area contributed by atoms with Gasteiger partial charge in [-0.25, -0.2) is 9.79 Å². The molecule has 6 nitrogen and oxygen atoms in total. The van der Waals surface area contributed by atoms with Crippen LogP contribution in [0.1, 0.15) is 44.2 Å². The van der Waals surface area contributed by atoms with Crippen LogP contribution in [0.4, 0.5) is 0 Å². The van der Waals surface area contributed by atoms with E-state index in [0.717, 1.165) is 28.7 Å². The van der Waals surface area contributed by atoms with Crippen LogP contribution in [0, 0.1) is 5.92 Å². The third kappa shape index (κ3) is 4.10. The van der Waals surface area contributed by atoms with Crippen LogP contribution in [0.25, 0.3) is 0 Å². The highest BCUT2D eigenvalue weighted by molar-refractivity contribution is 8.16. The zero-order valence-electron chi connectivity index (χ0n) is 16.7. The van der Waals surface area contributed by atoms with E-state index in [1.807, 2.05) is 47.6 Å². The van der Waals surface area contributed by atoms with Gasteiger partial charge >= 0.3 is 5.97 Å². The van der Waals surface area contributed by atoms with Gasteiger partial charge in [0.05, 0.1) is 30.8 Å². The van der Waals surface area contributed by atoms with Crippen LogP contribution in [0.3, 0.4) is 0 Å². The molecule has 0 radical (unpaired) electrons. The predicted octanol–water partition coefficient (Wildman–Crippen LogP) is 3.74. The van der Waals surface area contributed by atoms with Crippen LogP contribution in [0.5, 0.6) is 0 Å². The number of nitrogens with zero attached hydrogens (tertiary/aromatic N) is 2. The van der Waals surface area contributed by atoms with Gasteiger partial charge in [-0.15, -0.1) is 0 Å². The lowest BCUT2D eigenvalue weighted by molar-refractivity contribution is -0.136. The van der Waals surface area contributed by atoms with E-state index < -0.39 is 0 Å². The molecule has 1 N–H and O–H groups in total. The number of fused-ring (bicyclic) bond motifs is 1. The Kier molecular flexibility index (Phi) is 5.76. The minimum atomic E-state index is -0.382. The summed E-state index contributed by atoms with van der Waals surface area (Å²) in [4.78, 5) is 32.0. The molecule has 3 aliphatic rings. The van der Waals surface area contributed by atoms with Gasteiger partial charge in [-0.2, -0.15) is 0 Å². The van der Waals surface area contributed by atoms with Crippen LogP contribution < -0.4 is 5.32 Å². The summed E-state index contributed by atoms with van der Waals surface area (Å²) in [7, 11) is 1.39. The molecular weight excluding hydrogens is 386 g/mol. The Morgan fingerprint density at radius 3 is 2.69 bits per heavy atom. The maximum Gasteiger partial charge on any atom is 0.338 e. The van der Waals surface area contributed by atoms with Crippen molar-refractivity contribution >= 4 is 28.8 Å².